The number of benzene rings is 1. The monoisotopic (exact) mass is 305 g/mol. The van der Waals surface area contributed by atoms with Crippen molar-refractivity contribution >= 4 is 5.91 Å². The van der Waals surface area contributed by atoms with Crippen molar-refractivity contribution in [3.63, 3.8) is 0 Å². The maximum atomic E-state index is 13.7. The van der Waals surface area contributed by atoms with E-state index in [1.165, 1.54) is 4.90 Å². The highest BCUT2D eigenvalue weighted by Crippen LogP contribution is 2.31. The average molecular weight is 305 g/mol. The normalized spacial score (nSPS) is 18.7. The molecule has 1 saturated heterocycles. The van der Waals surface area contributed by atoms with Crippen LogP contribution in [0.5, 0.6) is 0 Å². The first-order chi connectivity index (χ1) is 9.60. The van der Waals surface area contributed by atoms with Crippen LogP contribution in [0.4, 0.5) is 17.6 Å². The number of hydrogen-bond donors (Lipinski definition) is 0. The Bertz CT molecular complexity index is 554. The number of hydrogen-bond acceptors (Lipinski definition) is 2. The largest absolute Gasteiger partial charge is 0.416 e. The van der Waals surface area contributed by atoms with Crippen LogP contribution in [0, 0.1) is 5.82 Å². The number of carbonyl (C=O) groups is 1. The Kier molecular flexibility index (Phi) is 3.97. The van der Waals surface area contributed by atoms with Crippen LogP contribution >= 0.6 is 0 Å². The molecule has 0 aromatic heterocycles. The molecule has 0 spiro atoms. The quantitative estimate of drug-likeness (QED) is 0.746. The van der Waals surface area contributed by atoms with Gasteiger partial charge in [-0.3, -0.25) is 4.79 Å². The Balaban J connectivity index is 2.30. The molecular formula is C14H15F4NO2. The molecule has 21 heavy (non-hydrogen) atoms. The van der Waals surface area contributed by atoms with E-state index >= 15 is 0 Å². The third-order valence-corrected chi connectivity index (χ3v) is 3.24. The molecule has 1 aliphatic heterocycles. The number of alkyl halides is 3. The highest BCUT2D eigenvalue weighted by atomic mass is 19.4. The fourth-order valence-electron chi connectivity index (χ4n) is 2.23. The summed E-state index contributed by atoms with van der Waals surface area (Å²) in [5.41, 5.74) is -2.21. The van der Waals surface area contributed by atoms with E-state index in [0.717, 1.165) is 0 Å². The minimum atomic E-state index is -4.62. The Hall–Kier alpha value is -1.63. The van der Waals surface area contributed by atoms with E-state index in [0.29, 0.717) is 18.2 Å². The summed E-state index contributed by atoms with van der Waals surface area (Å²) in [4.78, 5) is 13.6. The smallest absolute Gasteiger partial charge is 0.372 e. The van der Waals surface area contributed by atoms with Gasteiger partial charge in [-0.15, -0.1) is 0 Å². The van der Waals surface area contributed by atoms with Gasteiger partial charge in [0.1, 0.15) is 5.82 Å². The zero-order valence-electron chi connectivity index (χ0n) is 11.6. The van der Waals surface area contributed by atoms with E-state index in [4.69, 9.17) is 4.74 Å². The molecule has 7 heteroatoms. The summed E-state index contributed by atoms with van der Waals surface area (Å²) in [6.07, 6.45) is -4.62. The van der Waals surface area contributed by atoms with Crippen molar-refractivity contribution in [2.24, 2.45) is 0 Å². The summed E-state index contributed by atoms with van der Waals surface area (Å²) >= 11 is 0. The van der Waals surface area contributed by atoms with Gasteiger partial charge in [0.2, 0.25) is 0 Å². The molecule has 1 aromatic carbocycles. The summed E-state index contributed by atoms with van der Waals surface area (Å²) in [5, 5.41) is 0. The lowest BCUT2D eigenvalue weighted by Gasteiger charge is -2.38. The second kappa shape index (κ2) is 5.29. The maximum Gasteiger partial charge on any atom is 0.416 e. The van der Waals surface area contributed by atoms with E-state index in [9.17, 15) is 22.4 Å². The van der Waals surface area contributed by atoms with Gasteiger partial charge in [-0.2, -0.15) is 13.2 Å². The summed E-state index contributed by atoms with van der Waals surface area (Å²) in [6.45, 7) is 4.20. The minimum Gasteiger partial charge on any atom is -0.372 e. The van der Waals surface area contributed by atoms with Gasteiger partial charge in [0.25, 0.3) is 5.91 Å². The van der Waals surface area contributed by atoms with E-state index in [-0.39, 0.29) is 19.7 Å². The van der Waals surface area contributed by atoms with Crippen molar-refractivity contribution in [1.29, 1.82) is 0 Å². The van der Waals surface area contributed by atoms with Crippen LogP contribution in [-0.2, 0) is 10.9 Å². The molecule has 0 bridgehead atoms. The van der Waals surface area contributed by atoms with E-state index in [1.807, 2.05) is 0 Å². The first-order valence-electron chi connectivity index (χ1n) is 6.40. The molecule has 0 N–H and O–H groups in total. The van der Waals surface area contributed by atoms with Crippen LogP contribution in [0.2, 0.25) is 0 Å². The number of morpholine rings is 1. The van der Waals surface area contributed by atoms with Gasteiger partial charge in [0.15, 0.2) is 0 Å². The standard InChI is InChI=1S/C14H15F4NO2/c1-13(2)8-19(5-6-21-13)12(20)10-7-9(14(16,17)18)3-4-11(10)15/h3-4,7H,5-6,8H2,1-2H3. The zero-order chi connectivity index (χ0) is 15.8. The lowest BCUT2D eigenvalue weighted by molar-refractivity contribution is -0.137. The van der Waals surface area contributed by atoms with Crippen LogP contribution < -0.4 is 0 Å². The number of amides is 1. The first-order valence-corrected chi connectivity index (χ1v) is 6.40. The molecule has 1 aliphatic rings. The molecule has 1 heterocycles. The topological polar surface area (TPSA) is 29.5 Å². The van der Waals surface area contributed by atoms with Crippen LogP contribution in [-0.4, -0.2) is 36.1 Å². The van der Waals surface area contributed by atoms with E-state index < -0.39 is 34.6 Å². The minimum absolute atomic E-state index is 0.196. The van der Waals surface area contributed by atoms with Crippen molar-refractivity contribution < 1.29 is 27.1 Å². The second-order valence-electron chi connectivity index (χ2n) is 5.53. The van der Waals surface area contributed by atoms with Gasteiger partial charge >= 0.3 is 6.18 Å². The molecule has 1 amide bonds. The summed E-state index contributed by atoms with van der Waals surface area (Å²) in [7, 11) is 0. The fraction of sp³-hybridized carbons (Fsp3) is 0.500. The Labute approximate surface area is 119 Å². The van der Waals surface area contributed by atoms with E-state index in [2.05, 4.69) is 0 Å². The van der Waals surface area contributed by atoms with Crippen LogP contribution in [0.3, 0.4) is 0 Å². The van der Waals surface area contributed by atoms with Crippen LogP contribution in [0.1, 0.15) is 29.8 Å². The Morgan fingerprint density at radius 1 is 1.33 bits per heavy atom. The van der Waals surface area contributed by atoms with Gasteiger partial charge in [-0.05, 0) is 32.0 Å². The number of halogens is 4. The van der Waals surface area contributed by atoms with Gasteiger partial charge in [0, 0.05) is 13.1 Å². The van der Waals surface area contributed by atoms with Gasteiger partial charge < -0.3 is 9.64 Å². The predicted octanol–water partition coefficient (Wildman–Crippen LogP) is 3.10. The molecule has 0 saturated carbocycles. The SMILES string of the molecule is CC1(C)CN(C(=O)c2cc(C(F)(F)F)ccc2F)CCO1. The molecule has 3 nitrogen and oxygen atoms in total. The van der Waals surface area contributed by atoms with Gasteiger partial charge in [-0.25, -0.2) is 4.39 Å². The number of ether oxygens (including phenoxy) is 1. The lowest BCUT2D eigenvalue weighted by Crippen LogP contribution is -2.50. The van der Waals surface area contributed by atoms with E-state index in [1.54, 1.807) is 13.8 Å². The van der Waals surface area contributed by atoms with Crippen molar-refractivity contribution in [1.82, 2.24) is 4.90 Å². The molecule has 116 valence electrons. The van der Waals surface area contributed by atoms with Crippen molar-refractivity contribution in [3.05, 3.63) is 35.1 Å². The number of nitrogens with zero attached hydrogens (tertiary/aromatic N) is 1. The molecular weight excluding hydrogens is 290 g/mol. The van der Waals surface area contributed by atoms with Crippen molar-refractivity contribution in [3.8, 4) is 0 Å². The molecule has 0 atom stereocenters. The maximum absolute atomic E-state index is 13.7. The van der Waals surface area contributed by atoms with Crippen molar-refractivity contribution in [2.75, 3.05) is 19.7 Å². The van der Waals surface area contributed by atoms with Crippen LogP contribution in [0.15, 0.2) is 18.2 Å². The van der Waals surface area contributed by atoms with Gasteiger partial charge in [0.05, 0.1) is 23.3 Å². The number of rotatable bonds is 1. The van der Waals surface area contributed by atoms with Crippen LogP contribution in [0.25, 0.3) is 0 Å². The third-order valence-electron chi connectivity index (χ3n) is 3.24. The fourth-order valence-corrected chi connectivity index (χ4v) is 2.23. The highest BCUT2D eigenvalue weighted by Gasteiger charge is 2.34. The third kappa shape index (κ3) is 3.53. The molecule has 0 unspecified atom stereocenters. The zero-order valence-corrected chi connectivity index (χ0v) is 11.6. The summed E-state index contributed by atoms with van der Waals surface area (Å²) in [6, 6.07) is 1.84. The molecule has 0 radical (unpaired) electrons. The summed E-state index contributed by atoms with van der Waals surface area (Å²) < 4.78 is 57.1. The Morgan fingerprint density at radius 2 is 2.00 bits per heavy atom. The number of carbonyl (C=O) groups excluding carboxylic acids is 1. The Morgan fingerprint density at radius 3 is 2.57 bits per heavy atom. The summed E-state index contributed by atoms with van der Waals surface area (Å²) in [5.74, 6) is -1.72. The second-order valence-corrected chi connectivity index (χ2v) is 5.53. The van der Waals surface area contributed by atoms with Crippen molar-refractivity contribution in [2.45, 2.75) is 25.6 Å². The molecule has 1 fully saturated rings. The van der Waals surface area contributed by atoms with Gasteiger partial charge in [-0.1, -0.05) is 0 Å². The molecule has 1 aromatic rings. The highest BCUT2D eigenvalue weighted by molar-refractivity contribution is 5.94. The lowest BCUT2D eigenvalue weighted by atomic mass is 10.0. The average Bonchev–Trinajstić information content (AvgIpc) is 2.36. The molecule has 0 aliphatic carbocycles. The first kappa shape index (κ1) is 15.8. The predicted molar refractivity (Wildman–Crippen MR) is 67.3 cm³/mol. The molecule has 2 rings (SSSR count).